The summed E-state index contributed by atoms with van der Waals surface area (Å²) in [7, 11) is 0. The van der Waals surface area contributed by atoms with E-state index in [0.717, 1.165) is 10.0 Å². The predicted octanol–water partition coefficient (Wildman–Crippen LogP) is 3.99. The molecular formula is C14H11BrClNO2. The Morgan fingerprint density at radius 2 is 1.89 bits per heavy atom. The summed E-state index contributed by atoms with van der Waals surface area (Å²) < 4.78 is 0.971. The van der Waals surface area contributed by atoms with Crippen molar-refractivity contribution in [2.75, 3.05) is 5.32 Å². The van der Waals surface area contributed by atoms with Gasteiger partial charge in [0.15, 0.2) is 0 Å². The maximum atomic E-state index is 11.9. The van der Waals surface area contributed by atoms with E-state index in [9.17, 15) is 9.90 Å². The van der Waals surface area contributed by atoms with Crippen LogP contribution in [0.25, 0.3) is 0 Å². The van der Waals surface area contributed by atoms with Crippen molar-refractivity contribution in [1.82, 2.24) is 0 Å². The number of rotatable bonds is 3. The number of anilines is 1. The lowest BCUT2D eigenvalue weighted by Gasteiger charge is -2.07. The van der Waals surface area contributed by atoms with Crippen molar-refractivity contribution in [1.29, 1.82) is 0 Å². The molecule has 0 aromatic heterocycles. The van der Waals surface area contributed by atoms with Crippen molar-refractivity contribution < 1.29 is 9.90 Å². The summed E-state index contributed by atoms with van der Waals surface area (Å²) in [5, 5.41) is 12.2. The van der Waals surface area contributed by atoms with Gasteiger partial charge in [0.1, 0.15) is 5.75 Å². The molecule has 0 radical (unpaired) electrons. The van der Waals surface area contributed by atoms with Crippen molar-refractivity contribution in [2.45, 2.75) is 6.42 Å². The smallest absolute Gasteiger partial charge is 0.228 e. The highest BCUT2D eigenvalue weighted by Gasteiger charge is 2.07. The van der Waals surface area contributed by atoms with E-state index in [1.807, 2.05) is 24.3 Å². The molecule has 2 N–H and O–H groups in total. The molecule has 5 heteroatoms. The first kappa shape index (κ1) is 13.9. The zero-order chi connectivity index (χ0) is 13.8. The molecule has 2 rings (SSSR count). The van der Waals surface area contributed by atoms with E-state index in [4.69, 9.17) is 11.6 Å². The number of benzene rings is 2. The van der Waals surface area contributed by atoms with Crippen molar-refractivity contribution in [2.24, 2.45) is 0 Å². The molecule has 0 saturated heterocycles. The largest absolute Gasteiger partial charge is 0.508 e. The van der Waals surface area contributed by atoms with Crippen LogP contribution in [0.4, 0.5) is 5.69 Å². The zero-order valence-electron chi connectivity index (χ0n) is 9.86. The number of carbonyl (C=O) groups excluding carboxylic acids is 1. The summed E-state index contributed by atoms with van der Waals surface area (Å²) in [4.78, 5) is 11.9. The lowest BCUT2D eigenvalue weighted by Crippen LogP contribution is -2.14. The number of amides is 1. The molecule has 0 aliphatic carbocycles. The fourth-order valence-electron chi connectivity index (χ4n) is 1.59. The predicted molar refractivity (Wildman–Crippen MR) is 79.6 cm³/mol. The molecule has 0 atom stereocenters. The van der Waals surface area contributed by atoms with E-state index in [-0.39, 0.29) is 18.1 Å². The number of phenolic OH excluding ortho intramolecular Hbond substituents is 1. The first-order valence-corrected chi connectivity index (χ1v) is 6.74. The van der Waals surface area contributed by atoms with Crippen LogP contribution in [-0.2, 0) is 11.2 Å². The molecule has 0 bridgehead atoms. The van der Waals surface area contributed by atoms with Crippen LogP contribution in [0.15, 0.2) is 46.9 Å². The number of aromatic hydroxyl groups is 1. The summed E-state index contributed by atoms with van der Waals surface area (Å²) in [5.41, 5.74) is 1.40. The number of hydrogen-bond donors (Lipinski definition) is 2. The topological polar surface area (TPSA) is 49.3 Å². The Morgan fingerprint density at radius 3 is 2.53 bits per heavy atom. The number of phenols is 1. The second-order valence-electron chi connectivity index (χ2n) is 4.02. The standard InChI is InChI=1S/C14H11BrClNO2/c15-10-3-1-9(2-4-10)7-14(19)17-13-6-5-11(18)8-12(13)16/h1-6,8,18H,7H2,(H,17,19). The third kappa shape index (κ3) is 3.98. The molecule has 19 heavy (non-hydrogen) atoms. The number of nitrogens with one attached hydrogen (secondary N) is 1. The second-order valence-corrected chi connectivity index (χ2v) is 5.34. The van der Waals surface area contributed by atoms with E-state index in [1.165, 1.54) is 12.1 Å². The number of halogens is 2. The van der Waals surface area contributed by atoms with Gasteiger partial charge in [-0.25, -0.2) is 0 Å². The van der Waals surface area contributed by atoms with E-state index in [2.05, 4.69) is 21.2 Å². The van der Waals surface area contributed by atoms with Crippen LogP contribution in [0.5, 0.6) is 5.75 Å². The molecule has 0 spiro atoms. The third-order valence-corrected chi connectivity index (χ3v) is 3.35. The van der Waals surface area contributed by atoms with Gasteiger partial charge in [-0.2, -0.15) is 0 Å². The van der Waals surface area contributed by atoms with E-state index >= 15 is 0 Å². The van der Waals surface area contributed by atoms with Gasteiger partial charge >= 0.3 is 0 Å². The normalized spacial score (nSPS) is 10.2. The Labute approximate surface area is 124 Å². The number of carbonyl (C=O) groups is 1. The molecule has 3 nitrogen and oxygen atoms in total. The van der Waals surface area contributed by atoms with Gasteiger partial charge in [0, 0.05) is 10.5 Å². The first-order chi connectivity index (χ1) is 9.04. The molecule has 2 aromatic rings. The monoisotopic (exact) mass is 339 g/mol. The molecule has 0 saturated carbocycles. The quantitative estimate of drug-likeness (QED) is 0.830. The maximum Gasteiger partial charge on any atom is 0.228 e. The lowest BCUT2D eigenvalue weighted by atomic mass is 10.1. The average molecular weight is 341 g/mol. The van der Waals surface area contributed by atoms with E-state index in [0.29, 0.717) is 10.7 Å². The fourth-order valence-corrected chi connectivity index (χ4v) is 2.07. The second kappa shape index (κ2) is 6.08. The molecule has 98 valence electrons. The molecule has 0 fully saturated rings. The molecule has 0 heterocycles. The Morgan fingerprint density at radius 1 is 1.21 bits per heavy atom. The minimum atomic E-state index is -0.157. The Balaban J connectivity index is 2.03. The zero-order valence-corrected chi connectivity index (χ0v) is 12.2. The molecule has 1 amide bonds. The molecule has 0 aliphatic rings. The van der Waals surface area contributed by atoms with E-state index in [1.54, 1.807) is 6.07 Å². The van der Waals surface area contributed by atoms with Crippen LogP contribution in [0, 0.1) is 0 Å². The molecule has 0 aliphatic heterocycles. The summed E-state index contributed by atoms with van der Waals surface area (Å²) in [6, 6.07) is 11.9. The van der Waals surface area contributed by atoms with Gasteiger partial charge in [-0.05, 0) is 29.8 Å². The SMILES string of the molecule is O=C(Cc1ccc(Br)cc1)Nc1ccc(O)cc1Cl. The Bertz CT molecular complexity index is 599. The first-order valence-electron chi connectivity index (χ1n) is 5.57. The Kier molecular flexibility index (Phi) is 4.45. The van der Waals surface area contributed by atoms with Crippen LogP contribution in [0.2, 0.25) is 5.02 Å². The van der Waals surface area contributed by atoms with Gasteiger partial charge in [0.25, 0.3) is 0 Å². The van der Waals surface area contributed by atoms with Crippen molar-refractivity contribution >= 4 is 39.1 Å². The number of hydrogen-bond acceptors (Lipinski definition) is 2. The van der Waals surface area contributed by atoms with Crippen LogP contribution in [0.1, 0.15) is 5.56 Å². The van der Waals surface area contributed by atoms with Crippen LogP contribution in [-0.4, -0.2) is 11.0 Å². The van der Waals surface area contributed by atoms with Gasteiger partial charge in [0.2, 0.25) is 5.91 Å². The molecule has 2 aromatic carbocycles. The van der Waals surface area contributed by atoms with Gasteiger partial charge < -0.3 is 10.4 Å². The highest BCUT2D eigenvalue weighted by molar-refractivity contribution is 9.10. The summed E-state index contributed by atoms with van der Waals surface area (Å²) in [5.74, 6) is -0.0918. The third-order valence-electron chi connectivity index (χ3n) is 2.50. The minimum Gasteiger partial charge on any atom is -0.508 e. The van der Waals surface area contributed by atoms with Crippen LogP contribution >= 0.6 is 27.5 Å². The van der Waals surface area contributed by atoms with Gasteiger partial charge in [-0.15, -0.1) is 0 Å². The van der Waals surface area contributed by atoms with Gasteiger partial charge in [-0.1, -0.05) is 39.7 Å². The molecule has 0 unspecified atom stereocenters. The van der Waals surface area contributed by atoms with Crippen molar-refractivity contribution in [3.63, 3.8) is 0 Å². The Hall–Kier alpha value is -1.52. The fraction of sp³-hybridized carbons (Fsp3) is 0.0714. The summed E-state index contributed by atoms with van der Waals surface area (Å²) >= 11 is 9.26. The average Bonchev–Trinajstić information content (AvgIpc) is 2.36. The summed E-state index contributed by atoms with van der Waals surface area (Å²) in [6.45, 7) is 0. The van der Waals surface area contributed by atoms with Gasteiger partial charge in [-0.3, -0.25) is 4.79 Å². The molecular weight excluding hydrogens is 330 g/mol. The van der Waals surface area contributed by atoms with Crippen LogP contribution in [0.3, 0.4) is 0 Å². The van der Waals surface area contributed by atoms with Crippen molar-refractivity contribution in [3.8, 4) is 5.75 Å². The lowest BCUT2D eigenvalue weighted by molar-refractivity contribution is -0.115. The van der Waals surface area contributed by atoms with Crippen LogP contribution < -0.4 is 5.32 Å². The summed E-state index contributed by atoms with van der Waals surface area (Å²) in [6.07, 6.45) is 0.268. The maximum absolute atomic E-state index is 11.9. The minimum absolute atomic E-state index is 0.0657. The highest BCUT2D eigenvalue weighted by atomic mass is 79.9. The van der Waals surface area contributed by atoms with Crippen molar-refractivity contribution in [3.05, 3.63) is 57.5 Å². The van der Waals surface area contributed by atoms with Gasteiger partial charge in [0.05, 0.1) is 17.1 Å². The highest BCUT2D eigenvalue weighted by Crippen LogP contribution is 2.26. The van der Waals surface area contributed by atoms with E-state index < -0.39 is 0 Å².